The molecule has 2 atom stereocenters. The Balaban J connectivity index is 2.14. The summed E-state index contributed by atoms with van der Waals surface area (Å²) in [6.45, 7) is 1.69. The van der Waals surface area contributed by atoms with Gasteiger partial charge in [0.2, 0.25) is 0 Å². The molecule has 2 rings (SSSR count). The van der Waals surface area contributed by atoms with Crippen LogP contribution in [0.2, 0.25) is 0 Å². The number of benzene rings is 1. The number of nitrogens with one attached hydrogen (secondary N) is 1. The number of hydrogen-bond donors (Lipinski definition) is 2. The van der Waals surface area contributed by atoms with Gasteiger partial charge in [0.25, 0.3) is 0 Å². The number of halogens is 1. The van der Waals surface area contributed by atoms with E-state index in [1.807, 2.05) is 0 Å². The van der Waals surface area contributed by atoms with E-state index in [0.29, 0.717) is 5.92 Å². The molecule has 88 valence electrons. The number of hydrogen-bond acceptors (Lipinski definition) is 3. The van der Waals surface area contributed by atoms with Gasteiger partial charge in [0, 0.05) is 16.1 Å². The van der Waals surface area contributed by atoms with E-state index >= 15 is 0 Å². The highest BCUT2D eigenvalue weighted by atomic mass is 127. The molecular formula is C12H17IN2O. The highest BCUT2D eigenvalue weighted by Crippen LogP contribution is 2.28. The van der Waals surface area contributed by atoms with Crippen molar-refractivity contribution in [3.8, 4) is 0 Å². The smallest absolute Gasteiger partial charge is 0.0513 e. The van der Waals surface area contributed by atoms with E-state index in [0.717, 1.165) is 19.6 Å². The Morgan fingerprint density at radius 1 is 1.50 bits per heavy atom. The summed E-state index contributed by atoms with van der Waals surface area (Å²) < 4.78 is 6.76. The SMILES string of the molecule is NNC(c1cccc(I)c1)C1CCCOC1. The zero-order chi connectivity index (χ0) is 11.4. The van der Waals surface area contributed by atoms with Gasteiger partial charge < -0.3 is 4.74 Å². The van der Waals surface area contributed by atoms with E-state index in [1.165, 1.54) is 15.6 Å². The molecule has 0 aliphatic carbocycles. The maximum atomic E-state index is 5.68. The fraction of sp³-hybridized carbons (Fsp3) is 0.500. The maximum absolute atomic E-state index is 5.68. The van der Waals surface area contributed by atoms with E-state index in [1.54, 1.807) is 0 Å². The molecule has 0 bridgehead atoms. The first kappa shape index (κ1) is 12.3. The Bertz CT molecular complexity index is 340. The van der Waals surface area contributed by atoms with Gasteiger partial charge >= 0.3 is 0 Å². The lowest BCUT2D eigenvalue weighted by molar-refractivity contribution is 0.0390. The second-order valence-corrected chi connectivity index (χ2v) is 5.42. The molecule has 0 radical (unpaired) electrons. The zero-order valence-corrected chi connectivity index (χ0v) is 11.3. The van der Waals surface area contributed by atoms with Crippen LogP contribution < -0.4 is 11.3 Å². The molecule has 1 aliphatic rings. The van der Waals surface area contributed by atoms with Crippen LogP contribution in [0.4, 0.5) is 0 Å². The van der Waals surface area contributed by atoms with Crippen molar-refractivity contribution in [2.45, 2.75) is 18.9 Å². The molecule has 0 aromatic heterocycles. The summed E-state index contributed by atoms with van der Waals surface area (Å²) in [6.07, 6.45) is 2.31. The molecule has 1 heterocycles. The zero-order valence-electron chi connectivity index (χ0n) is 9.16. The lowest BCUT2D eigenvalue weighted by Gasteiger charge is -2.30. The van der Waals surface area contributed by atoms with Crippen LogP contribution in [-0.4, -0.2) is 13.2 Å². The number of ether oxygens (including phenoxy) is 1. The van der Waals surface area contributed by atoms with Gasteiger partial charge in [-0.1, -0.05) is 12.1 Å². The fourth-order valence-electron chi connectivity index (χ4n) is 2.23. The first-order chi connectivity index (χ1) is 7.81. The van der Waals surface area contributed by atoms with Crippen LogP contribution in [0.15, 0.2) is 24.3 Å². The van der Waals surface area contributed by atoms with Crippen molar-refractivity contribution in [3.05, 3.63) is 33.4 Å². The third kappa shape index (κ3) is 2.94. The predicted octanol–water partition coefficient (Wildman–Crippen LogP) is 2.22. The Morgan fingerprint density at radius 3 is 3.00 bits per heavy atom. The van der Waals surface area contributed by atoms with Crippen LogP contribution in [0.1, 0.15) is 24.4 Å². The van der Waals surface area contributed by atoms with Gasteiger partial charge in [-0.25, -0.2) is 0 Å². The van der Waals surface area contributed by atoms with Gasteiger partial charge in [-0.2, -0.15) is 0 Å². The van der Waals surface area contributed by atoms with Crippen LogP contribution in [0, 0.1) is 9.49 Å². The molecular weight excluding hydrogens is 315 g/mol. The van der Waals surface area contributed by atoms with Crippen molar-refractivity contribution in [1.82, 2.24) is 5.43 Å². The minimum absolute atomic E-state index is 0.204. The summed E-state index contributed by atoms with van der Waals surface area (Å²) in [5.41, 5.74) is 4.19. The van der Waals surface area contributed by atoms with Gasteiger partial charge in [0.1, 0.15) is 0 Å². The first-order valence-corrected chi connectivity index (χ1v) is 6.68. The molecule has 0 spiro atoms. The van der Waals surface area contributed by atoms with E-state index in [2.05, 4.69) is 52.3 Å². The molecule has 1 aliphatic heterocycles. The molecule has 1 aromatic carbocycles. The maximum Gasteiger partial charge on any atom is 0.0513 e. The Labute approximate surface area is 110 Å². The highest BCUT2D eigenvalue weighted by molar-refractivity contribution is 14.1. The summed E-state index contributed by atoms with van der Waals surface area (Å²) in [7, 11) is 0. The molecule has 2 unspecified atom stereocenters. The third-order valence-electron chi connectivity index (χ3n) is 3.05. The lowest BCUT2D eigenvalue weighted by atomic mass is 9.89. The summed E-state index contributed by atoms with van der Waals surface area (Å²) in [5.74, 6) is 6.16. The van der Waals surface area contributed by atoms with Crippen LogP contribution in [-0.2, 0) is 4.74 Å². The first-order valence-electron chi connectivity index (χ1n) is 5.60. The van der Waals surface area contributed by atoms with E-state index < -0.39 is 0 Å². The van der Waals surface area contributed by atoms with Crippen LogP contribution in [0.25, 0.3) is 0 Å². The molecule has 3 N–H and O–H groups in total. The summed E-state index contributed by atoms with van der Waals surface area (Å²) in [4.78, 5) is 0. The van der Waals surface area contributed by atoms with Crippen molar-refractivity contribution in [2.75, 3.05) is 13.2 Å². The molecule has 1 aromatic rings. The second kappa shape index (κ2) is 5.95. The average Bonchev–Trinajstić information content (AvgIpc) is 2.31. The normalized spacial score (nSPS) is 23.0. The van der Waals surface area contributed by atoms with Crippen molar-refractivity contribution < 1.29 is 4.74 Å². The largest absolute Gasteiger partial charge is 0.381 e. The van der Waals surface area contributed by atoms with Gasteiger partial charge in [-0.15, -0.1) is 0 Å². The van der Waals surface area contributed by atoms with Gasteiger partial charge in [-0.05, 0) is 53.1 Å². The average molecular weight is 332 g/mol. The molecule has 1 saturated heterocycles. The van der Waals surface area contributed by atoms with Gasteiger partial charge in [0.15, 0.2) is 0 Å². The molecule has 3 nitrogen and oxygen atoms in total. The highest BCUT2D eigenvalue weighted by Gasteiger charge is 2.24. The topological polar surface area (TPSA) is 47.3 Å². The van der Waals surface area contributed by atoms with Crippen molar-refractivity contribution in [3.63, 3.8) is 0 Å². The molecule has 0 amide bonds. The van der Waals surface area contributed by atoms with E-state index in [-0.39, 0.29) is 6.04 Å². The molecule has 0 saturated carbocycles. The molecule has 4 heteroatoms. The molecule has 1 fully saturated rings. The standard InChI is InChI=1S/C12H17IN2O/c13-11-5-1-3-9(7-11)12(15-14)10-4-2-6-16-8-10/h1,3,5,7,10,12,15H,2,4,6,8,14H2. The monoisotopic (exact) mass is 332 g/mol. The quantitative estimate of drug-likeness (QED) is 0.507. The summed E-state index contributed by atoms with van der Waals surface area (Å²) in [6, 6.07) is 8.68. The third-order valence-corrected chi connectivity index (χ3v) is 3.73. The van der Waals surface area contributed by atoms with Crippen molar-refractivity contribution in [1.29, 1.82) is 0 Å². The number of rotatable bonds is 3. The minimum Gasteiger partial charge on any atom is -0.381 e. The van der Waals surface area contributed by atoms with Gasteiger partial charge in [-0.3, -0.25) is 11.3 Å². The van der Waals surface area contributed by atoms with Crippen molar-refractivity contribution >= 4 is 22.6 Å². The van der Waals surface area contributed by atoms with Gasteiger partial charge in [0.05, 0.1) is 12.6 Å². The summed E-state index contributed by atoms with van der Waals surface area (Å²) in [5, 5.41) is 0. The van der Waals surface area contributed by atoms with E-state index in [4.69, 9.17) is 10.6 Å². The Morgan fingerprint density at radius 2 is 2.38 bits per heavy atom. The van der Waals surface area contributed by atoms with Crippen LogP contribution >= 0.6 is 22.6 Å². The van der Waals surface area contributed by atoms with Crippen LogP contribution in [0.3, 0.4) is 0 Å². The van der Waals surface area contributed by atoms with Crippen LogP contribution in [0.5, 0.6) is 0 Å². The molecule has 16 heavy (non-hydrogen) atoms. The Kier molecular flexibility index (Phi) is 4.57. The lowest BCUT2D eigenvalue weighted by Crippen LogP contribution is -2.37. The Hall–Kier alpha value is -0.170. The van der Waals surface area contributed by atoms with E-state index in [9.17, 15) is 0 Å². The summed E-state index contributed by atoms with van der Waals surface area (Å²) >= 11 is 2.33. The minimum atomic E-state index is 0.204. The fourth-order valence-corrected chi connectivity index (χ4v) is 2.80. The number of hydrazine groups is 1. The van der Waals surface area contributed by atoms with Crippen molar-refractivity contribution in [2.24, 2.45) is 11.8 Å². The number of nitrogens with two attached hydrogens (primary N) is 1. The second-order valence-electron chi connectivity index (χ2n) is 4.18. The predicted molar refractivity (Wildman–Crippen MR) is 72.8 cm³/mol.